The molecule has 0 aliphatic carbocycles. The minimum absolute atomic E-state index is 0.242. The SMILES string of the molecule is CN(C)CCOC(=O)OCC(Cl)(Cl)Cl. The zero-order valence-electron chi connectivity index (χ0n) is 7.93. The number of carbonyl (C=O) groups is 1. The second kappa shape index (κ2) is 6.56. The van der Waals surface area contributed by atoms with E-state index in [0.29, 0.717) is 6.54 Å². The third-order valence-corrected chi connectivity index (χ3v) is 1.44. The van der Waals surface area contributed by atoms with Gasteiger partial charge in [-0.15, -0.1) is 0 Å². The fraction of sp³-hybridized carbons (Fsp3) is 0.857. The van der Waals surface area contributed by atoms with Crippen molar-refractivity contribution >= 4 is 41.0 Å². The first-order valence-electron chi connectivity index (χ1n) is 3.82. The topological polar surface area (TPSA) is 38.8 Å². The lowest BCUT2D eigenvalue weighted by Crippen LogP contribution is -2.22. The van der Waals surface area contributed by atoms with E-state index in [1.807, 2.05) is 19.0 Å². The van der Waals surface area contributed by atoms with Crippen molar-refractivity contribution in [3.05, 3.63) is 0 Å². The van der Waals surface area contributed by atoms with Crippen LogP contribution in [0.3, 0.4) is 0 Å². The fourth-order valence-corrected chi connectivity index (χ4v) is 0.658. The molecule has 0 N–H and O–H groups in total. The van der Waals surface area contributed by atoms with Crippen LogP contribution in [0.1, 0.15) is 0 Å². The van der Waals surface area contributed by atoms with Gasteiger partial charge in [-0.05, 0) is 14.1 Å². The molecule has 0 heterocycles. The normalized spacial score (nSPS) is 11.6. The van der Waals surface area contributed by atoms with E-state index >= 15 is 0 Å². The summed E-state index contributed by atoms with van der Waals surface area (Å²) in [6, 6.07) is 0. The Labute approximate surface area is 98.0 Å². The molecule has 0 saturated carbocycles. The van der Waals surface area contributed by atoms with Crippen molar-refractivity contribution in [2.24, 2.45) is 0 Å². The predicted molar refractivity (Wildman–Crippen MR) is 56.1 cm³/mol. The van der Waals surface area contributed by atoms with Crippen LogP contribution in [0, 0.1) is 0 Å². The van der Waals surface area contributed by atoms with E-state index in [9.17, 15) is 4.79 Å². The van der Waals surface area contributed by atoms with E-state index in [-0.39, 0.29) is 13.2 Å². The molecule has 14 heavy (non-hydrogen) atoms. The second-order valence-electron chi connectivity index (χ2n) is 2.81. The largest absolute Gasteiger partial charge is 0.508 e. The average Bonchev–Trinajstić information content (AvgIpc) is 1.99. The molecule has 0 bridgehead atoms. The molecular formula is C7H12Cl3NO3. The smallest absolute Gasteiger partial charge is 0.433 e. The average molecular weight is 265 g/mol. The highest BCUT2D eigenvalue weighted by molar-refractivity contribution is 6.67. The van der Waals surface area contributed by atoms with Crippen molar-refractivity contribution in [2.75, 3.05) is 33.9 Å². The van der Waals surface area contributed by atoms with Crippen LogP contribution >= 0.6 is 34.8 Å². The van der Waals surface area contributed by atoms with Crippen LogP contribution < -0.4 is 0 Å². The summed E-state index contributed by atoms with van der Waals surface area (Å²) >= 11 is 16.1. The first-order valence-corrected chi connectivity index (χ1v) is 4.95. The number of alkyl halides is 3. The number of likely N-dealkylation sites (N-methyl/N-ethyl adjacent to an activating group) is 1. The number of hydrogen-bond donors (Lipinski definition) is 0. The molecule has 0 aromatic carbocycles. The first kappa shape index (κ1) is 14.1. The van der Waals surface area contributed by atoms with Gasteiger partial charge in [0.15, 0.2) is 0 Å². The minimum Gasteiger partial charge on any atom is -0.433 e. The molecule has 0 amide bonds. The van der Waals surface area contributed by atoms with Gasteiger partial charge in [-0.25, -0.2) is 4.79 Å². The van der Waals surface area contributed by atoms with E-state index in [1.165, 1.54) is 0 Å². The number of rotatable bonds is 4. The van der Waals surface area contributed by atoms with E-state index in [0.717, 1.165) is 0 Å². The molecule has 0 aromatic rings. The summed E-state index contributed by atoms with van der Waals surface area (Å²) in [6.07, 6.45) is -0.835. The molecule has 0 aromatic heterocycles. The Morgan fingerprint density at radius 1 is 1.29 bits per heavy atom. The van der Waals surface area contributed by atoms with Crippen molar-refractivity contribution in [3.63, 3.8) is 0 Å². The zero-order chi connectivity index (χ0) is 11.2. The lowest BCUT2D eigenvalue weighted by atomic mass is 10.6. The summed E-state index contributed by atoms with van der Waals surface area (Å²) in [5.74, 6) is 0. The van der Waals surface area contributed by atoms with E-state index in [2.05, 4.69) is 9.47 Å². The molecule has 7 heteroatoms. The number of nitrogens with zero attached hydrogens (tertiary/aromatic N) is 1. The monoisotopic (exact) mass is 263 g/mol. The van der Waals surface area contributed by atoms with Gasteiger partial charge in [-0.2, -0.15) is 0 Å². The third kappa shape index (κ3) is 10.2. The highest BCUT2D eigenvalue weighted by Gasteiger charge is 2.22. The van der Waals surface area contributed by atoms with Gasteiger partial charge in [-0.3, -0.25) is 0 Å². The summed E-state index contributed by atoms with van der Waals surface area (Å²) in [4.78, 5) is 12.7. The maximum Gasteiger partial charge on any atom is 0.508 e. The maximum atomic E-state index is 10.8. The molecule has 0 radical (unpaired) electrons. The summed E-state index contributed by atoms with van der Waals surface area (Å²) in [7, 11) is 3.71. The summed E-state index contributed by atoms with van der Waals surface area (Å²) in [5, 5.41) is 0. The molecule has 84 valence electrons. The van der Waals surface area contributed by atoms with Crippen LogP contribution in [0.4, 0.5) is 4.79 Å². The van der Waals surface area contributed by atoms with Gasteiger partial charge >= 0.3 is 6.16 Å². The molecular weight excluding hydrogens is 252 g/mol. The van der Waals surface area contributed by atoms with E-state index in [1.54, 1.807) is 0 Å². The van der Waals surface area contributed by atoms with Gasteiger partial charge in [0.1, 0.15) is 13.2 Å². The second-order valence-corrected chi connectivity index (χ2v) is 5.32. The standard InChI is InChI=1S/C7H12Cl3NO3/c1-11(2)3-4-13-6(12)14-5-7(8,9)10/h3-5H2,1-2H3. The zero-order valence-corrected chi connectivity index (χ0v) is 10.2. The molecule has 0 spiro atoms. The van der Waals surface area contributed by atoms with Crippen LogP contribution in [0.25, 0.3) is 0 Å². The number of carbonyl (C=O) groups excluding carboxylic acids is 1. The molecule has 4 nitrogen and oxygen atoms in total. The number of ether oxygens (including phenoxy) is 2. The van der Waals surface area contributed by atoms with Crippen molar-refractivity contribution < 1.29 is 14.3 Å². The number of hydrogen-bond acceptors (Lipinski definition) is 4. The molecule has 0 saturated heterocycles. The van der Waals surface area contributed by atoms with Gasteiger partial charge in [0.2, 0.25) is 3.79 Å². The van der Waals surface area contributed by atoms with Crippen LogP contribution in [0.15, 0.2) is 0 Å². The van der Waals surface area contributed by atoms with Gasteiger partial charge in [-0.1, -0.05) is 34.8 Å². The van der Waals surface area contributed by atoms with Crippen molar-refractivity contribution in [1.82, 2.24) is 4.90 Å². The minimum atomic E-state index is -1.60. The first-order chi connectivity index (χ1) is 6.31. The van der Waals surface area contributed by atoms with Crippen LogP contribution in [-0.4, -0.2) is 48.7 Å². The summed E-state index contributed by atoms with van der Waals surface area (Å²) in [6.45, 7) is 0.535. The highest BCUT2D eigenvalue weighted by atomic mass is 35.6. The Hall–Kier alpha value is 0.1000. The Bertz CT molecular complexity index is 182. The lowest BCUT2D eigenvalue weighted by Gasteiger charge is -2.12. The molecule has 0 fully saturated rings. The fourth-order valence-electron chi connectivity index (χ4n) is 0.494. The van der Waals surface area contributed by atoms with Crippen LogP contribution in [-0.2, 0) is 9.47 Å². The van der Waals surface area contributed by atoms with Gasteiger partial charge in [0.25, 0.3) is 0 Å². The highest BCUT2D eigenvalue weighted by Crippen LogP contribution is 2.25. The van der Waals surface area contributed by atoms with Gasteiger partial charge < -0.3 is 14.4 Å². The molecule has 0 aliphatic rings. The predicted octanol–water partition coefficient (Wildman–Crippen LogP) is 2.07. The van der Waals surface area contributed by atoms with E-state index in [4.69, 9.17) is 34.8 Å². The van der Waals surface area contributed by atoms with Crippen molar-refractivity contribution in [1.29, 1.82) is 0 Å². The lowest BCUT2D eigenvalue weighted by molar-refractivity contribution is 0.0526. The molecule has 0 aliphatic heterocycles. The van der Waals surface area contributed by atoms with Crippen molar-refractivity contribution in [2.45, 2.75) is 3.79 Å². The third-order valence-electron chi connectivity index (χ3n) is 1.11. The molecule has 0 atom stereocenters. The molecule has 0 unspecified atom stereocenters. The van der Waals surface area contributed by atoms with Gasteiger partial charge in [0, 0.05) is 6.54 Å². The Morgan fingerprint density at radius 3 is 2.29 bits per heavy atom. The Balaban J connectivity index is 3.47. The van der Waals surface area contributed by atoms with Crippen LogP contribution in [0.5, 0.6) is 0 Å². The van der Waals surface area contributed by atoms with Crippen molar-refractivity contribution in [3.8, 4) is 0 Å². The Morgan fingerprint density at radius 2 is 1.86 bits per heavy atom. The molecule has 0 rings (SSSR count). The van der Waals surface area contributed by atoms with E-state index < -0.39 is 9.95 Å². The maximum absolute atomic E-state index is 10.8. The quantitative estimate of drug-likeness (QED) is 0.576. The number of halogens is 3. The van der Waals surface area contributed by atoms with Gasteiger partial charge in [0.05, 0.1) is 0 Å². The van der Waals surface area contributed by atoms with Crippen LogP contribution in [0.2, 0.25) is 0 Å². The summed E-state index contributed by atoms with van der Waals surface area (Å²) in [5.41, 5.74) is 0. The summed E-state index contributed by atoms with van der Waals surface area (Å²) < 4.78 is 7.59. The Kier molecular flexibility index (Phi) is 6.61.